The van der Waals surface area contributed by atoms with Crippen molar-refractivity contribution in [3.05, 3.63) is 191 Å². The van der Waals surface area contributed by atoms with Crippen LogP contribution in [-0.4, -0.2) is 0 Å². The summed E-state index contributed by atoms with van der Waals surface area (Å²) < 4.78 is 7.44. The zero-order valence-corrected chi connectivity index (χ0v) is 30.4. The van der Waals surface area contributed by atoms with Crippen LogP contribution in [0.3, 0.4) is 0 Å². The fourth-order valence-corrected chi connectivity index (χ4v) is 11.4. The molecular weight excluding hydrogens is 657 g/mol. The maximum atomic E-state index is 7.44. The standard InChI is InChI=1S/C51H42N2O/c1-2-16-35(17-3-1)52-45-22-10-12-24-47(45)53(48-25-13-11-23-46(48)52)36-28-31-42-40(32-36)39-20-8-9-21-41(39)51(42)43-29-26-33-14-4-6-18-37(33)49(43)54-50-38-19-7-5-15-34(38)27-30-44(50)51/h2,4-6,8-18,20-26,28-29,31-32,34,38,43,49H,1,3,7,19,27,30H2/t34?,38?,43?,49-,51?/m1/s1. The fourth-order valence-electron chi connectivity index (χ4n) is 11.4. The minimum atomic E-state index is -0.298. The van der Waals surface area contributed by atoms with Crippen LogP contribution < -0.4 is 9.80 Å². The van der Waals surface area contributed by atoms with Crippen LogP contribution in [0.4, 0.5) is 28.4 Å². The van der Waals surface area contributed by atoms with Gasteiger partial charge in [-0.05, 0) is 120 Å². The van der Waals surface area contributed by atoms with E-state index in [0.717, 1.165) is 32.1 Å². The minimum absolute atomic E-state index is 0.0386. The smallest absolute Gasteiger partial charge is 0.132 e. The second kappa shape index (κ2) is 11.6. The first-order chi connectivity index (χ1) is 26.8. The molecular formula is C51H42N2O. The van der Waals surface area contributed by atoms with E-state index in [1.54, 1.807) is 0 Å². The van der Waals surface area contributed by atoms with Gasteiger partial charge in [0, 0.05) is 28.8 Å². The van der Waals surface area contributed by atoms with Crippen LogP contribution in [0.1, 0.15) is 66.9 Å². The molecule has 0 aromatic heterocycles. The molecule has 2 heterocycles. The number of benzene rings is 5. The minimum Gasteiger partial charge on any atom is -0.489 e. The van der Waals surface area contributed by atoms with Crippen LogP contribution in [0.15, 0.2) is 169 Å². The lowest BCUT2D eigenvalue weighted by Crippen LogP contribution is -2.47. The van der Waals surface area contributed by atoms with E-state index in [2.05, 4.69) is 168 Å². The van der Waals surface area contributed by atoms with Gasteiger partial charge in [0.05, 0.1) is 28.2 Å². The molecule has 2 aliphatic heterocycles. The van der Waals surface area contributed by atoms with E-state index in [0.29, 0.717) is 11.8 Å². The first-order valence-corrected chi connectivity index (χ1v) is 20.0. The average molecular weight is 699 g/mol. The monoisotopic (exact) mass is 698 g/mol. The van der Waals surface area contributed by atoms with Crippen molar-refractivity contribution in [2.24, 2.45) is 17.8 Å². The van der Waals surface area contributed by atoms with Crippen molar-refractivity contribution >= 4 is 34.5 Å². The molecule has 5 aliphatic carbocycles. The van der Waals surface area contributed by atoms with E-state index < -0.39 is 0 Å². The highest BCUT2D eigenvalue weighted by molar-refractivity contribution is 6.00. The number of allylic oxidation sites excluding steroid dienone is 7. The molecule has 3 heteroatoms. The summed E-state index contributed by atoms with van der Waals surface area (Å²) in [4.78, 5) is 4.95. The summed E-state index contributed by atoms with van der Waals surface area (Å²) >= 11 is 0. The van der Waals surface area contributed by atoms with E-state index in [-0.39, 0.29) is 17.4 Å². The van der Waals surface area contributed by atoms with Crippen LogP contribution in [0.25, 0.3) is 17.2 Å². The number of para-hydroxylation sites is 4. The molecule has 0 saturated heterocycles. The predicted molar refractivity (Wildman–Crippen MR) is 220 cm³/mol. The van der Waals surface area contributed by atoms with Crippen molar-refractivity contribution < 1.29 is 4.74 Å². The van der Waals surface area contributed by atoms with E-state index in [4.69, 9.17) is 4.74 Å². The summed E-state index contributed by atoms with van der Waals surface area (Å²) in [6, 6.07) is 43.5. The number of anilines is 5. The third-order valence-corrected chi connectivity index (χ3v) is 13.5. The van der Waals surface area contributed by atoms with Gasteiger partial charge >= 0.3 is 0 Å². The molecule has 5 aromatic carbocycles. The largest absolute Gasteiger partial charge is 0.489 e. The molecule has 1 spiro atoms. The normalized spacial score (nSPS) is 26.4. The predicted octanol–water partition coefficient (Wildman–Crippen LogP) is 13.2. The maximum absolute atomic E-state index is 7.44. The molecule has 0 saturated carbocycles. The highest BCUT2D eigenvalue weighted by atomic mass is 16.5. The summed E-state index contributed by atoms with van der Waals surface area (Å²) in [5.74, 6) is 2.43. The Labute approximate surface area is 317 Å². The molecule has 4 unspecified atom stereocenters. The van der Waals surface area contributed by atoms with Crippen molar-refractivity contribution in [2.75, 3.05) is 9.80 Å². The lowest BCUT2D eigenvalue weighted by atomic mass is 9.55. The van der Waals surface area contributed by atoms with Crippen LogP contribution in [-0.2, 0) is 10.2 Å². The Balaban J connectivity index is 1.09. The second-order valence-electron chi connectivity index (χ2n) is 16.1. The molecule has 7 aliphatic rings. The first kappa shape index (κ1) is 30.6. The van der Waals surface area contributed by atoms with Gasteiger partial charge in [-0.15, -0.1) is 0 Å². The van der Waals surface area contributed by atoms with E-state index in [9.17, 15) is 0 Å². The van der Waals surface area contributed by atoms with Crippen molar-refractivity contribution in [3.63, 3.8) is 0 Å². The Bertz CT molecular complexity index is 2500. The van der Waals surface area contributed by atoms with Gasteiger partial charge in [-0.3, -0.25) is 0 Å². The van der Waals surface area contributed by atoms with Crippen LogP contribution in [0.2, 0.25) is 0 Å². The second-order valence-corrected chi connectivity index (χ2v) is 16.1. The van der Waals surface area contributed by atoms with Crippen molar-refractivity contribution in [1.29, 1.82) is 0 Å². The number of hydrogen-bond acceptors (Lipinski definition) is 3. The SMILES string of the molecule is C1=CC(N2c3ccccc3N(c3ccc4c(c3)-c3ccccc3C43C4=C(O[C@@H]5c6ccccc6C=CC53)C3CCC=CC3CC4)c3ccccc32)=CCC1. The Morgan fingerprint density at radius 3 is 2.17 bits per heavy atom. The van der Waals surface area contributed by atoms with E-state index >= 15 is 0 Å². The van der Waals surface area contributed by atoms with Gasteiger partial charge in [0.1, 0.15) is 11.9 Å². The summed E-state index contributed by atoms with van der Waals surface area (Å²) in [6.45, 7) is 0. The number of hydrogen-bond donors (Lipinski definition) is 0. The first-order valence-electron chi connectivity index (χ1n) is 20.0. The Morgan fingerprint density at radius 2 is 1.35 bits per heavy atom. The summed E-state index contributed by atoms with van der Waals surface area (Å²) in [7, 11) is 0. The molecule has 0 fully saturated rings. The molecule has 0 radical (unpaired) electrons. The highest BCUT2D eigenvalue weighted by Crippen LogP contribution is 2.67. The zero-order chi connectivity index (χ0) is 35.4. The van der Waals surface area contributed by atoms with Crippen molar-refractivity contribution in [3.8, 4) is 11.1 Å². The zero-order valence-electron chi connectivity index (χ0n) is 30.4. The van der Waals surface area contributed by atoms with E-state index in [1.165, 1.54) is 85.3 Å². The molecule has 5 aromatic rings. The molecule has 3 nitrogen and oxygen atoms in total. The van der Waals surface area contributed by atoms with Gasteiger partial charge in [-0.25, -0.2) is 0 Å². The summed E-state index contributed by atoms with van der Waals surface area (Å²) in [6.07, 6.45) is 23.4. The van der Waals surface area contributed by atoms with Gasteiger partial charge in [-0.1, -0.05) is 115 Å². The van der Waals surface area contributed by atoms with Crippen molar-refractivity contribution in [2.45, 2.75) is 50.0 Å². The number of ether oxygens (including phenoxy) is 1. The molecule has 54 heavy (non-hydrogen) atoms. The average Bonchev–Trinajstić information content (AvgIpc) is 3.52. The molecule has 0 bridgehead atoms. The molecule has 5 atom stereocenters. The lowest BCUT2D eigenvalue weighted by Gasteiger charge is -2.53. The van der Waals surface area contributed by atoms with Crippen molar-refractivity contribution in [1.82, 2.24) is 0 Å². The van der Waals surface area contributed by atoms with Gasteiger partial charge in [0.2, 0.25) is 0 Å². The topological polar surface area (TPSA) is 15.7 Å². The van der Waals surface area contributed by atoms with Gasteiger partial charge in [-0.2, -0.15) is 0 Å². The van der Waals surface area contributed by atoms with Crippen LogP contribution in [0, 0.1) is 17.8 Å². The number of nitrogens with zero attached hydrogens (tertiary/aromatic N) is 2. The lowest BCUT2D eigenvalue weighted by molar-refractivity contribution is -0.000188. The number of rotatable bonds is 2. The van der Waals surface area contributed by atoms with Gasteiger partial charge < -0.3 is 14.5 Å². The third kappa shape index (κ3) is 4.07. The van der Waals surface area contributed by atoms with E-state index in [1.807, 2.05) is 0 Å². The summed E-state index contributed by atoms with van der Waals surface area (Å²) in [5, 5.41) is 0. The summed E-state index contributed by atoms with van der Waals surface area (Å²) in [5.41, 5.74) is 16.7. The molecule has 0 N–H and O–H groups in total. The molecule has 0 amide bonds. The van der Waals surface area contributed by atoms with Crippen LogP contribution >= 0.6 is 0 Å². The fraction of sp³-hybridized carbons (Fsp3) is 0.216. The molecule has 12 rings (SSSR count). The Morgan fingerprint density at radius 1 is 0.611 bits per heavy atom. The van der Waals surface area contributed by atoms with Gasteiger partial charge in [0.25, 0.3) is 0 Å². The third-order valence-electron chi connectivity index (χ3n) is 13.5. The molecule has 262 valence electrons. The number of fused-ring (bicyclic) bond motifs is 14. The Hall–Kier alpha value is -5.80. The maximum Gasteiger partial charge on any atom is 0.132 e. The van der Waals surface area contributed by atoms with Gasteiger partial charge in [0.15, 0.2) is 0 Å². The quantitative estimate of drug-likeness (QED) is 0.171. The van der Waals surface area contributed by atoms with Crippen LogP contribution in [0.5, 0.6) is 0 Å². The Kier molecular flexibility index (Phi) is 6.58. The highest BCUT2D eigenvalue weighted by Gasteiger charge is 2.59.